The molecule has 0 spiro atoms. The first-order valence-electron chi connectivity index (χ1n) is 7.18. The lowest BCUT2D eigenvalue weighted by molar-refractivity contribution is -0.135. The Hall–Kier alpha value is -0.790. The van der Waals surface area contributed by atoms with Gasteiger partial charge >= 0.3 is 5.97 Å². The highest BCUT2D eigenvalue weighted by molar-refractivity contribution is 5.75. The van der Waals surface area contributed by atoms with Crippen molar-refractivity contribution in [1.82, 2.24) is 0 Å². The summed E-state index contributed by atoms with van der Waals surface area (Å²) in [4.78, 5) is 11.1. The van der Waals surface area contributed by atoms with E-state index in [4.69, 9.17) is 4.74 Å². The van der Waals surface area contributed by atoms with Gasteiger partial charge in [-0.3, -0.25) is 4.79 Å². The lowest BCUT2D eigenvalue weighted by atomic mass is 9.76. The molecule has 1 aliphatic heterocycles. The molecule has 0 radical (unpaired) electrons. The Bertz CT molecular complexity index is 285. The zero-order chi connectivity index (χ0) is 12.1. The molecule has 1 aliphatic carbocycles. The van der Waals surface area contributed by atoms with Crippen molar-refractivity contribution < 1.29 is 9.53 Å². The highest BCUT2D eigenvalue weighted by Gasteiger charge is 2.27. The van der Waals surface area contributed by atoms with Crippen molar-refractivity contribution in [2.45, 2.75) is 64.7 Å². The zero-order valence-corrected chi connectivity index (χ0v) is 10.9. The first-order chi connectivity index (χ1) is 8.29. The van der Waals surface area contributed by atoms with E-state index in [1.54, 1.807) is 6.26 Å². The fraction of sp³-hybridized carbons (Fsp3) is 0.800. The third-order valence-corrected chi connectivity index (χ3v) is 4.28. The first-order valence-corrected chi connectivity index (χ1v) is 7.18. The van der Waals surface area contributed by atoms with E-state index in [1.807, 2.05) is 0 Å². The van der Waals surface area contributed by atoms with Crippen molar-refractivity contribution in [3.05, 3.63) is 11.8 Å². The molecule has 0 atom stereocenters. The molecular weight excluding hydrogens is 212 g/mol. The summed E-state index contributed by atoms with van der Waals surface area (Å²) >= 11 is 0. The van der Waals surface area contributed by atoms with Crippen molar-refractivity contribution in [2.75, 3.05) is 0 Å². The number of unbranched alkanes of at least 4 members (excludes halogenated alkanes) is 2. The van der Waals surface area contributed by atoms with E-state index in [0.717, 1.165) is 5.92 Å². The molecule has 1 fully saturated rings. The van der Waals surface area contributed by atoms with Gasteiger partial charge in [-0.05, 0) is 43.1 Å². The first kappa shape index (κ1) is 12.7. The van der Waals surface area contributed by atoms with Crippen molar-refractivity contribution >= 4 is 5.97 Å². The molecule has 17 heavy (non-hydrogen) atoms. The largest absolute Gasteiger partial charge is 0.434 e. The van der Waals surface area contributed by atoms with Crippen LogP contribution in [0.3, 0.4) is 0 Å². The Labute approximate surface area is 104 Å². The summed E-state index contributed by atoms with van der Waals surface area (Å²) in [6.07, 6.45) is 13.0. The lowest BCUT2D eigenvalue weighted by Gasteiger charge is -2.28. The van der Waals surface area contributed by atoms with Gasteiger partial charge in [0.15, 0.2) is 0 Å². The Kier molecular flexibility index (Phi) is 4.64. The van der Waals surface area contributed by atoms with E-state index in [0.29, 0.717) is 12.3 Å². The average molecular weight is 236 g/mol. The molecule has 0 N–H and O–H groups in total. The van der Waals surface area contributed by atoms with E-state index in [2.05, 4.69) is 6.92 Å². The third kappa shape index (κ3) is 3.58. The molecule has 1 heterocycles. The van der Waals surface area contributed by atoms with Crippen LogP contribution in [0.1, 0.15) is 64.7 Å². The second kappa shape index (κ2) is 6.23. The highest BCUT2D eigenvalue weighted by atomic mass is 16.5. The molecule has 0 aromatic rings. The minimum atomic E-state index is -0.0648. The van der Waals surface area contributed by atoms with E-state index in [9.17, 15) is 4.79 Å². The number of esters is 1. The number of cyclic esters (lactones) is 1. The van der Waals surface area contributed by atoms with Crippen LogP contribution in [0.2, 0.25) is 0 Å². The molecule has 0 aromatic heterocycles. The van der Waals surface area contributed by atoms with Gasteiger partial charge in [0.2, 0.25) is 0 Å². The van der Waals surface area contributed by atoms with Gasteiger partial charge in [-0.1, -0.05) is 32.6 Å². The van der Waals surface area contributed by atoms with Crippen LogP contribution in [0.4, 0.5) is 0 Å². The van der Waals surface area contributed by atoms with E-state index < -0.39 is 0 Å². The second-order valence-electron chi connectivity index (χ2n) is 5.57. The minimum absolute atomic E-state index is 0.0648. The summed E-state index contributed by atoms with van der Waals surface area (Å²) in [5.74, 6) is 1.50. The Balaban J connectivity index is 1.69. The maximum Gasteiger partial charge on any atom is 0.314 e. The van der Waals surface area contributed by atoms with Gasteiger partial charge in [0, 0.05) is 0 Å². The summed E-state index contributed by atoms with van der Waals surface area (Å²) in [5.41, 5.74) is 1.25. The van der Waals surface area contributed by atoms with Crippen molar-refractivity contribution in [2.24, 2.45) is 11.8 Å². The van der Waals surface area contributed by atoms with Gasteiger partial charge in [0.1, 0.15) is 0 Å². The fourth-order valence-electron chi connectivity index (χ4n) is 3.14. The van der Waals surface area contributed by atoms with E-state index in [1.165, 1.54) is 56.9 Å². The predicted molar refractivity (Wildman–Crippen MR) is 68.4 cm³/mol. The fourth-order valence-corrected chi connectivity index (χ4v) is 3.14. The lowest BCUT2D eigenvalue weighted by Crippen LogP contribution is -2.16. The van der Waals surface area contributed by atoms with Crippen molar-refractivity contribution in [1.29, 1.82) is 0 Å². The predicted octanol–water partition coefficient (Wildman–Crippen LogP) is 4.20. The number of carbonyl (C=O) groups is 1. The van der Waals surface area contributed by atoms with Gasteiger partial charge in [0.05, 0.1) is 12.7 Å². The van der Waals surface area contributed by atoms with Gasteiger partial charge in [0.25, 0.3) is 0 Å². The molecule has 0 aromatic carbocycles. The van der Waals surface area contributed by atoms with Crippen LogP contribution >= 0.6 is 0 Å². The van der Waals surface area contributed by atoms with E-state index in [-0.39, 0.29) is 5.97 Å². The Morgan fingerprint density at radius 1 is 1.24 bits per heavy atom. The van der Waals surface area contributed by atoms with Gasteiger partial charge in [-0.2, -0.15) is 0 Å². The van der Waals surface area contributed by atoms with Crippen molar-refractivity contribution in [3.8, 4) is 0 Å². The third-order valence-electron chi connectivity index (χ3n) is 4.28. The molecule has 0 unspecified atom stereocenters. The molecule has 96 valence electrons. The molecule has 2 nitrogen and oxygen atoms in total. The quantitative estimate of drug-likeness (QED) is 0.528. The van der Waals surface area contributed by atoms with Crippen LogP contribution in [0.5, 0.6) is 0 Å². The number of carbonyl (C=O) groups excluding carboxylic acids is 1. The summed E-state index contributed by atoms with van der Waals surface area (Å²) < 4.78 is 4.92. The van der Waals surface area contributed by atoms with Crippen LogP contribution in [-0.2, 0) is 9.53 Å². The maximum absolute atomic E-state index is 11.1. The van der Waals surface area contributed by atoms with Crippen LogP contribution in [0.25, 0.3) is 0 Å². The molecule has 0 amide bonds. The second-order valence-corrected chi connectivity index (χ2v) is 5.57. The zero-order valence-electron chi connectivity index (χ0n) is 10.9. The molecule has 1 saturated carbocycles. The normalized spacial score (nSPS) is 29.0. The Morgan fingerprint density at radius 2 is 2.00 bits per heavy atom. The van der Waals surface area contributed by atoms with Gasteiger partial charge < -0.3 is 4.74 Å². The Morgan fingerprint density at radius 3 is 2.59 bits per heavy atom. The van der Waals surface area contributed by atoms with Crippen LogP contribution < -0.4 is 0 Å². The minimum Gasteiger partial charge on any atom is -0.434 e. The van der Waals surface area contributed by atoms with E-state index >= 15 is 0 Å². The SMILES string of the molecule is CCCCCC1CCC(C2=COC(=O)C2)CC1. The highest BCUT2D eigenvalue weighted by Crippen LogP contribution is 2.37. The van der Waals surface area contributed by atoms with Crippen molar-refractivity contribution in [3.63, 3.8) is 0 Å². The number of hydrogen-bond donors (Lipinski definition) is 0. The van der Waals surface area contributed by atoms with Crippen LogP contribution in [-0.4, -0.2) is 5.97 Å². The molecule has 2 aliphatic rings. The number of hydrogen-bond acceptors (Lipinski definition) is 2. The molecule has 0 saturated heterocycles. The maximum atomic E-state index is 11.1. The van der Waals surface area contributed by atoms with Crippen LogP contribution in [0, 0.1) is 11.8 Å². The summed E-state index contributed by atoms with van der Waals surface area (Å²) in [5, 5.41) is 0. The smallest absolute Gasteiger partial charge is 0.314 e. The summed E-state index contributed by atoms with van der Waals surface area (Å²) in [6.45, 7) is 2.26. The topological polar surface area (TPSA) is 26.3 Å². The van der Waals surface area contributed by atoms with Gasteiger partial charge in [-0.15, -0.1) is 0 Å². The number of rotatable bonds is 5. The molecule has 2 rings (SSSR count). The number of ether oxygens (including phenoxy) is 1. The molecule has 0 bridgehead atoms. The van der Waals surface area contributed by atoms with Crippen LogP contribution in [0.15, 0.2) is 11.8 Å². The molecular formula is C15H24O2. The summed E-state index contributed by atoms with van der Waals surface area (Å²) in [6, 6.07) is 0. The molecule has 2 heteroatoms. The monoisotopic (exact) mass is 236 g/mol. The average Bonchev–Trinajstić information content (AvgIpc) is 2.77. The summed E-state index contributed by atoms with van der Waals surface area (Å²) in [7, 11) is 0. The standard InChI is InChI=1S/C15H24O2/c1-2-3-4-5-12-6-8-13(9-7-12)14-10-15(16)17-11-14/h11-13H,2-10H2,1H3. The van der Waals surface area contributed by atoms with Gasteiger partial charge in [-0.25, -0.2) is 0 Å².